The van der Waals surface area contributed by atoms with E-state index < -0.39 is 4.92 Å². The number of nitrogens with one attached hydrogen (secondary N) is 1. The van der Waals surface area contributed by atoms with Gasteiger partial charge in [-0.15, -0.1) is 0 Å². The van der Waals surface area contributed by atoms with Crippen LogP contribution in [0.25, 0.3) is 0 Å². The molecule has 0 aromatic heterocycles. The number of non-ortho nitro benzene ring substituents is 1. The molecule has 0 spiro atoms. The second-order valence-corrected chi connectivity index (χ2v) is 5.52. The number of carbonyl (C=O) groups is 1. The second-order valence-electron chi connectivity index (χ2n) is 4.67. The van der Waals surface area contributed by atoms with Gasteiger partial charge in [-0.1, -0.05) is 0 Å². The molecular weight excluding hydrogens is 328 g/mol. The molecular formula is C12H15BrN4O3. The number of anilines is 1. The third kappa shape index (κ3) is 3.38. The molecule has 8 heteroatoms. The van der Waals surface area contributed by atoms with Crippen molar-refractivity contribution in [1.29, 1.82) is 0 Å². The highest BCUT2D eigenvalue weighted by atomic mass is 79.9. The Morgan fingerprint density at radius 1 is 1.45 bits per heavy atom. The van der Waals surface area contributed by atoms with Crippen molar-refractivity contribution in [3.8, 4) is 0 Å². The molecule has 0 unspecified atom stereocenters. The van der Waals surface area contributed by atoms with Gasteiger partial charge in [0.1, 0.15) is 0 Å². The Morgan fingerprint density at radius 3 is 2.60 bits per heavy atom. The number of likely N-dealkylation sites (tertiary alicyclic amines) is 1. The van der Waals surface area contributed by atoms with Gasteiger partial charge in [-0.2, -0.15) is 0 Å². The number of amides is 2. The minimum absolute atomic E-state index is 0.0472. The summed E-state index contributed by atoms with van der Waals surface area (Å²) in [5, 5.41) is 14.0. The maximum atomic E-state index is 11.0. The molecule has 7 nitrogen and oxygen atoms in total. The first-order valence-electron chi connectivity index (χ1n) is 6.22. The Balaban J connectivity index is 1.98. The Kier molecular flexibility index (Phi) is 4.43. The average molecular weight is 343 g/mol. The van der Waals surface area contributed by atoms with Crippen LogP contribution in [0.5, 0.6) is 0 Å². The number of piperidine rings is 1. The molecule has 1 aliphatic heterocycles. The molecule has 0 atom stereocenters. The van der Waals surface area contributed by atoms with Crippen molar-refractivity contribution >= 4 is 33.3 Å². The van der Waals surface area contributed by atoms with Crippen molar-refractivity contribution in [1.82, 2.24) is 4.90 Å². The lowest BCUT2D eigenvalue weighted by molar-refractivity contribution is -0.384. The monoisotopic (exact) mass is 342 g/mol. The van der Waals surface area contributed by atoms with Crippen LogP contribution in [0.2, 0.25) is 0 Å². The number of hydrogen-bond acceptors (Lipinski definition) is 4. The highest BCUT2D eigenvalue weighted by Crippen LogP contribution is 2.28. The molecule has 0 saturated carbocycles. The zero-order chi connectivity index (χ0) is 14.7. The maximum absolute atomic E-state index is 11.0. The van der Waals surface area contributed by atoms with Crippen molar-refractivity contribution in [3.63, 3.8) is 0 Å². The number of benzene rings is 1. The van der Waals surface area contributed by atoms with Gasteiger partial charge < -0.3 is 16.0 Å². The average Bonchev–Trinajstić information content (AvgIpc) is 2.41. The van der Waals surface area contributed by atoms with Gasteiger partial charge in [0.15, 0.2) is 0 Å². The molecule has 0 aliphatic carbocycles. The van der Waals surface area contributed by atoms with E-state index in [1.807, 2.05) is 0 Å². The van der Waals surface area contributed by atoms with E-state index >= 15 is 0 Å². The number of rotatable bonds is 3. The van der Waals surface area contributed by atoms with Crippen LogP contribution in [0.15, 0.2) is 22.7 Å². The van der Waals surface area contributed by atoms with E-state index in [9.17, 15) is 14.9 Å². The fraction of sp³-hybridized carbons (Fsp3) is 0.417. The normalized spacial score (nSPS) is 15.9. The van der Waals surface area contributed by atoms with Gasteiger partial charge in [-0.05, 0) is 34.8 Å². The van der Waals surface area contributed by atoms with Crippen LogP contribution in [0.4, 0.5) is 16.2 Å². The number of urea groups is 1. The van der Waals surface area contributed by atoms with E-state index in [1.54, 1.807) is 11.0 Å². The molecule has 108 valence electrons. The zero-order valence-corrected chi connectivity index (χ0v) is 12.3. The van der Waals surface area contributed by atoms with Crippen LogP contribution < -0.4 is 11.1 Å². The lowest BCUT2D eigenvalue weighted by atomic mass is 10.0. The first-order chi connectivity index (χ1) is 9.47. The summed E-state index contributed by atoms with van der Waals surface area (Å²) in [6, 6.07) is 4.46. The maximum Gasteiger partial charge on any atom is 0.314 e. The summed E-state index contributed by atoms with van der Waals surface area (Å²) in [5.41, 5.74) is 6.09. The summed E-state index contributed by atoms with van der Waals surface area (Å²) in [5.74, 6) is 0. The first-order valence-corrected chi connectivity index (χ1v) is 7.01. The van der Waals surface area contributed by atoms with E-state index in [1.165, 1.54) is 12.1 Å². The van der Waals surface area contributed by atoms with E-state index in [-0.39, 0.29) is 17.8 Å². The number of hydrogen-bond donors (Lipinski definition) is 2. The van der Waals surface area contributed by atoms with E-state index in [4.69, 9.17) is 5.73 Å². The van der Waals surface area contributed by atoms with Crippen LogP contribution in [0.3, 0.4) is 0 Å². The standard InChI is InChI=1S/C12H15BrN4O3/c13-10-7-9(17(19)20)1-2-11(10)15-8-3-5-16(6-4-8)12(14)18/h1-2,7-8,15H,3-6H2,(H2,14,18). The molecule has 1 heterocycles. The van der Waals surface area contributed by atoms with Gasteiger partial charge >= 0.3 is 6.03 Å². The number of primary amides is 1. The van der Waals surface area contributed by atoms with Gasteiger partial charge in [0.25, 0.3) is 5.69 Å². The summed E-state index contributed by atoms with van der Waals surface area (Å²) in [7, 11) is 0. The molecule has 1 saturated heterocycles. The summed E-state index contributed by atoms with van der Waals surface area (Å²) in [6.45, 7) is 1.25. The van der Waals surface area contributed by atoms with Crippen LogP contribution in [0.1, 0.15) is 12.8 Å². The Bertz CT molecular complexity index is 529. The number of halogens is 1. The summed E-state index contributed by atoms with van der Waals surface area (Å²) in [6.07, 6.45) is 1.60. The van der Waals surface area contributed by atoms with Crippen molar-refractivity contribution in [2.24, 2.45) is 5.73 Å². The number of nitrogens with two attached hydrogens (primary N) is 1. The number of carbonyl (C=O) groups excluding carboxylic acids is 1. The quantitative estimate of drug-likeness (QED) is 0.649. The van der Waals surface area contributed by atoms with Gasteiger partial charge in [-0.25, -0.2) is 4.79 Å². The molecule has 1 aromatic rings. The van der Waals surface area contributed by atoms with Gasteiger partial charge in [0, 0.05) is 41.4 Å². The van der Waals surface area contributed by atoms with Crippen LogP contribution in [-0.4, -0.2) is 35.0 Å². The zero-order valence-electron chi connectivity index (χ0n) is 10.7. The van der Waals surface area contributed by atoms with Crippen molar-refractivity contribution in [3.05, 3.63) is 32.8 Å². The van der Waals surface area contributed by atoms with E-state index in [2.05, 4.69) is 21.2 Å². The highest BCUT2D eigenvalue weighted by Gasteiger charge is 2.21. The Morgan fingerprint density at radius 2 is 2.10 bits per heavy atom. The lowest BCUT2D eigenvalue weighted by Gasteiger charge is -2.31. The smallest absolute Gasteiger partial charge is 0.314 e. The Hall–Kier alpha value is -1.83. The molecule has 20 heavy (non-hydrogen) atoms. The number of nitro groups is 1. The molecule has 0 radical (unpaired) electrons. The minimum atomic E-state index is -0.431. The topological polar surface area (TPSA) is 102 Å². The molecule has 3 N–H and O–H groups in total. The predicted molar refractivity (Wildman–Crippen MR) is 78.6 cm³/mol. The minimum Gasteiger partial charge on any atom is -0.381 e. The highest BCUT2D eigenvalue weighted by molar-refractivity contribution is 9.10. The second kappa shape index (κ2) is 6.08. The van der Waals surface area contributed by atoms with Crippen molar-refractivity contribution in [2.45, 2.75) is 18.9 Å². The van der Waals surface area contributed by atoms with Crippen LogP contribution >= 0.6 is 15.9 Å². The van der Waals surface area contributed by atoms with Gasteiger partial charge in [-0.3, -0.25) is 10.1 Å². The van der Waals surface area contributed by atoms with E-state index in [0.29, 0.717) is 17.6 Å². The fourth-order valence-corrected chi connectivity index (χ4v) is 2.68. The third-order valence-corrected chi connectivity index (χ3v) is 3.99. The molecule has 2 amide bonds. The van der Waals surface area contributed by atoms with E-state index in [0.717, 1.165) is 18.5 Å². The largest absolute Gasteiger partial charge is 0.381 e. The van der Waals surface area contributed by atoms with Gasteiger partial charge in [0.2, 0.25) is 0 Å². The summed E-state index contributed by atoms with van der Waals surface area (Å²) >= 11 is 3.33. The summed E-state index contributed by atoms with van der Waals surface area (Å²) in [4.78, 5) is 22.9. The molecule has 1 aliphatic rings. The van der Waals surface area contributed by atoms with Crippen LogP contribution in [0, 0.1) is 10.1 Å². The van der Waals surface area contributed by atoms with Crippen molar-refractivity contribution < 1.29 is 9.72 Å². The lowest BCUT2D eigenvalue weighted by Crippen LogP contribution is -2.44. The molecule has 1 fully saturated rings. The molecule has 1 aromatic carbocycles. The first kappa shape index (κ1) is 14.6. The summed E-state index contributed by atoms with van der Waals surface area (Å²) < 4.78 is 0.657. The molecule has 2 rings (SSSR count). The van der Waals surface area contributed by atoms with Crippen LogP contribution in [-0.2, 0) is 0 Å². The molecule has 0 bridgehead atoms. The Labute approximate surface area is 124 Å². The number of nitrogens with zero attached hydrogens (tertiary/aromatic N) is 2. The van der Waals surface area contributed by atoms with Gasteiger partial charge in [0.05, 0.1) is 4.92 Å². The SMILES string of the molecule is NC(=O)N1CCC(Nc2ccc([N+](=O)[O-])cc2Br)CC1. The third-order valence-electron chi connectivity index (χ3n) is 3.33. The predicted octanol–water partition coefficient (Wildman–Crippen LogP) is 2.31. The fourth-order valence-electron chi connectivity index (χ4n) is 2.20. The number of nitro benzene ring substituents is 1. The van der Waals surface area contributed by atoms with Crippen molar-refractivity contribution in [2.75, 3.05) is 18.4 Å².